The monoisotopic (exact) mass is 358 g/mol. The first-order valence-electron chi connectivity index (χ1n) is 8.87. The van der Waals surface area contributed by atoms with Gasteiger partial charge in [-0.05, 0) is 37.3 Å². The van der Waals surface area contributed by atoms with E-state index in [0.29, 0.717) is 11.6 Å². The molecule has 0 aliphatic carbocycles. The highest BCUT2D eigenvalue weighted by atomic mass is 32.1. The van der Waals surface area contributed by atoms with Gasteiger partial charge in [0, 0.05) is 18.5 Å². The Kier molecular flexibility index (Phi) is 6.18. The van der Waals surface area contributed by atoms with Gasteiger partial charge in [0.1, 0.15) is 0 Å². The molecule has 0 spiro atoms. The molecule has 2 aromatic rings. The lowest BCUT2D eigenvalue weighted by Crippen LogP contribution is -2.37. The number of anilines is 1. The Morgan fingerprint density at radius 3 is 3.00 bits per heavy atom. The van der Waals surface area contributed by atoms with Gasteiger partial charge in [0.2, 0.25) is 5.91 Å². The fourth-order valence-corrected chi connectivity index (χ4v) is 3.96. The predicted octanol–water partition coefficient (Wildman–Crippen LogP) is 2.88. The van der Waals surface area contributed by atoms with Crippen LogP contribution in [-0.2, 0) is 17.8 Å². The molecule has 3 rings (SSSR count). The third-order valence-corrected chi connectivity index (χ3v) is 5.35. The summed E-state index contributed by atoms with van der Waals surface area (Å²) in [6.07, 6.45) is 3.09. The maximum absolute atomic E-state index is 12.3. The first-order valence-corrected chi connectivity index (χ1v) is 9.75. The van der Waals surface area contributed by atoms with Gasteiger partial charge in [-0.3, -0.25) is 9.69 Å². The average Bonchev–Trinajstić information content (AvgIpc) is 3.02. The Bertz CT molecular complexity index is 688. The van der Waals surface area contributed by atoms with Crippen LogP contribution in [0.2, 0.25) is 0 Å². The van der Waals surface area contributed by atoms with Gasteiger partial charge >= 0.3 is 0 Å². The number of nitrogens with zero attached hydrogens (tertiary/aromatic N) is 2. The van der Waals surface area contributed by atoms with E-state index in [4.69, 9.17) is 5.73 Å². The summed E-state index contributed by atoms with van der Waals surface area (Å²) in [6, 6.07) is 9.25. The highest BCUT2D eigenvalue weighted by Crippen LogP contribution is 2.21. The van der Waals surface area contributed by atoms with E-state index in [9.17, 15) is 4.79 Å². The van der Waals surface area contributed by atoms with Gasteiger partial charge in [-0.2, -0.15) is 0 Å². The molecule has 0 saturated carbocycles. The van der Waals surface area contributed by atoms with Crippen molar-refractivity contribution in [2.24, 2.45) is 11.7 Å². The van der Waals surface area contributed by atoms with Crippen LogP contribution in [0.5, 0.6) is 0 Å². The molecule has 1 amide bonds. The minimum atomic E-state index is -0.572. The van der Waals surface area contributed by atoms with Gasteiger partial charge in [0.15, 0.2) is 5.13 Å². The lowest BCUT2D eigenvalue weighted by molar-refractivity contribution is -0.117. The molecule has 5 nitrogen and oxygen atoms in total. The molecule has 1 aliphatic heterocycles. The number of aromatic nitrogens is 1. The molecule has 2 atom stereocenters. The predicted molar refractivity (Wildman–Crippen MR) is 103 cm³/mol. The van der Waals surface area contributed by atoms with E-state index in [0.717, 1.165) is 36.8 Å². The molecule has 2 unspecified atom stereocenters. The van der Waals surface area contributed by atoms with Gasteiger partial charge < -0.3 is 11.1 Å². The Morgan fingerprint density at radius 1 is 1.44 bits per heavy atom. The molecule has 1 aromatic heterocycles. The van der Waals surface area contributed by atoms with Crippen LogP contribution in [0, 0.1) is 5.92 Å². The number of carbonyl (C=O) groups is 1. The van der Waals surface area contributed by atoms with Crippen LogP contribution in [0.1, 0.15) is 31.0 Å². The number of piperidine rings is 1. The van der Waals surface area contributed by atoms with Crippen LogP contribution < -0.4 is 11.1 Å². The lowest BCUT2D eigenvalue weighted by Gasteiger charge is -2.30. The largest absolute Gasteiger partial charge is 0.320 e. The zero-order chi connectivity index (χ0) is 17.6. The average molecular weight is 359 g/mol. The molecule has 0 radical (unpaired) electrons. The van der Waals surface area contributed by atoms with Gasteiger partial charge in [-0.1, -0.05) is 37.3 Å². The maximum atomic E-state index is 12.3. The van der Waals surface area contributed by atoms with E-state index >= 15 is 0 Å². The number of hydrogen-bond donors (Lipinski definition) is 2. The molecular formula is C19H26N4OS. The highest BCUT2D eigenvalue weighted by molar-refractivity contribution is 7.13. The highest BCUT2D eigenvalue weighted by Gasteiger charge is 2.19. The zero-order valence-corrected chi connectivity index (χ0v) is 15.5. The third-order valence-electron chi connectivity index (χ3n) is 4.54. The summed E-state index contributed by atoms with van der Waals surface area (Å²) < 4.78 is 0. The molecule has 3 N–H and O–H groups in total. The standard InChI is InChI=1S/C19H26N4OS/c1-14-6-5-9-23(11-14)12-16-13-25-19(21-16)22-18(24)17(20)10-15-7-3-2-4-8-15/h2-4,7-8,13-14,17H,5-6,9-12,20H2,1H3,(H,21,22,24). The van der Waals surface area contributed by atoms with Crippen molar-refractivity contribution in [3.8, 4) is 0 Å². The molecule has 1 aliphatic rings. The number of likely N-dealkylation sites (tertiary alicyclic amines) is 1. The summed E-state index contributed by atoms with van der Waals surface area (Å²) in [5.74, 6) is 0.568. The van der Waals surface area contributed by atoms with Crippen molar-refractivity contribution in [2.45, 2.75) is 38.8 Å². The number of nitrogens with one attached hydrogen (secondary N) is 1. The number of amides is 1. The van der Waals surface area contributed by atoms with E-state index in [-0.39, 0.29) is 5.91 Å². The van der Waals surface area contributed by atoms with Gasteiger partial charge in [0.05, 0.1) is 11.7 Å². The topological polar surface area (TPSA) is 71.2 Å². The summed E-state index contributed by atoms with van der Waals surface area (Å²) in [7, 11) is 0. The lowest BCUT2D eigenvalue weighted by atomic mass is 10.0. The van der Waals surface area contributed by atoms with Gasteiger partial charge in [-0.15, -0.1) is 11.3 Å². The molecule has 2 heterocycles. The maximum Gasteiger partial charge on any atom is 0.243 e. The molecule has 1 aromatic carbocycles. The Balaban J connectivity index is 1.51. The van der Waals surface area contributed by atoms with Crippen LogP contribution in [0.15, 0.2) is 35.7 Å². The number of rotatable bonds is 6. The summed E-state index contributed by atoms with van der Waals surface area (Å²) in [5, 5.41) is 5.51. The van der Waals surface area contributed by atoms with Crippen molar-refractivity contribution in [3.05, 3.63) is 47.0 Å². The number of thiazole rings is 1. The Hall–Kier alpha value is -1.76. The first kappa shape index (κ1) is 18.0. The number of hydrogen-bond acceptors (Lipinski definition) is 5. The molecule has 1 fully saturated rings. The van der Waals surface area contributed by atoms with Crippen LogP contribution >= 0.6 is 11.3 Å². The van der Waals surface area contributed by atoms with Crippen LogP contribution in [0.3, 0.4) is 0 Å². The van der Waals surface area contributed by atoms with Crippen molar-refractivity contribution in [1.82, 2.24) is 9.88 Å². The molecule has 6 heteroatoms. The smallest absolute Gasteiger partial charge is 0.243 e. The van der Waals surface area contributed by atoms with Crippen LogP contribution in [0.4, 0.5) is 5.13 Å². The van der Waals surface area contributed by atoms with Gasteiger partial charge in [-0.25, -0.2) is 4.98 Å². The Morgan fingerprint density at radius 2 is 2.24 bits per heavy atom. The van der Waals surface area contributed by atoms with Gasteiger partial charge in [0.25, 0.3) is 0 Å². The minimum absolute atomic E-state index is 0.184. The van der Waals surface area contributed by atoms with Crippen molar-refractivity contribution in [3.63, 3.8) is 0 Å². The van der Waals surface area contributed by atoms with Crippen molar-refractivity contribution >= 4 is 22.4 Å². The fraction of sp³-hybridized carbons (Fsp3) is 0.474. The first-order chi connectivity index (χ1) is 12.1. The van der Waals surface area contributed by atoms with E-state index in [1.165, 1.54) is 24.2 Å². The minimum Gasteiger partial charge on any atom is -0.320 e. The van der Waals surface area contributed by atoms with Crippen LogP contribution in [-0.4, -0.2) is 34.9 Å². The van der Waals surface area contributed by atoms with Crippen molar-refractivity contribution in [2.75, 3.05) is 18.4 Å². The summed E-state index contributed by atoms with van der Waals surface area (Å²) in [4.78, 5) is 19.3. The normalized spacial score (nSPS) is 19.5. The Labute approximate surface area is 153 Å². The van der Waals surface area contributed by atoms with E-state index in [2.05, 4.69) is 22.1 Å². The van der Waals surface area contributed by atoms with E-state index < -0.39 is 6.04 Å². The van der Waals surface area contributed by atoms with Crippen molar-refractivity contribution in [1.29, 1.82) is 0 Å². The second-order valence-corrected chi connectivity index (χ2v) is 7.77. The molecule has 134 valence electrons. The number of carbonyl (C=O) groups excluding carboxylic acids is 1. The summed E-state index contributed by atoms with van der Waals surface area (Å²) in [6.45, 7) is 5.41. The van der Waals surface area contributed by atoms with Crippen LogP contribution in [0.25, 0.3) is 0 Å². The number of benzene rings is 1. The zero-order valence-electron chi connectivity index (χ0n) is 14.6. The molecule has 25 heavy (non-hydrogen) atoms. The number of nitrogens with two attached hydrogens (primary N) is 1. The summed E-state index contributed by atoms with van der Waals surface area (Å²) in [5.41, 5.74) is 8.10. The third kappa shape index (κ3) is 5.36. The van der Waals surface area contributed by atoms with E-state index in [1.807, 2.05) is 35.7 Å². The molecule has 1 saturated heterocycles. The van der Waals surface area contributed by atoms with E-state index in [1.54, 1.807) is 0 Å². The second kappa shape index (κ2) is 8.56. The fourth-order valence-electron chi connectivity index (χ4n) is 3.26. The molecule has 0 bridgehead atoms. The molecular weight excluding hydrogens is 332 g/mol. The SMILES string of the molecule is CC1CCCN(Cc2csc(NC(=O)C(N)Cc3ccccc3)n2)C1. The van der Waals surface area contributed by atoms with Crippen molar-refractivity contribution < 1.29 is 4.79 Å². The quantitative estimate of drug-likeness (QED) is 0.833. The second-order valence-electron chi connectivity index (χ2n) is 6.91. The summed E-state index contributed by atoms with van der Waals surface area (Å²) >= 11 is 1.47.